The van der Waals surface area contributed by atoms with Gasteiger partial charge < -0.3 is 4.74 Å². The molecule has 7 heteroatoms. The number of hydrogen-bond donors (Lipinski definition) is 0. The van der Waals surface area contributed by atoms with E-state index in [0.717, 1.165) is 6.92 Å². The summed E-state index contributed by atoms with van der Waals surface area (Å²) in [6.07, 6.45) is -4.88. The molecule has 0 unspecified atom stereocenters. The molecule has 0 amide bonds. The van der Waals surface area contributed by atoms with Crippen LogP contribution in [0.25, 0.3) is 0 Å². The smallest absolute Gasteiger partial charge is 0.420 e. The highest BCUT2D eigenvalue weighted by atomic mass is 19.4. The molecule has 0 aliphatic rings. The minimum absolute atomic E-state index is 0.183. The minimum Gasteiger partial charge on any atom is -0.420 e. The highest BCUT2D eigenvalue weighted by Gasteiger charge is 2.35. The van der Waals surface area contributed by atoms with Gasteiger partial charge in [-0.25, -0.2) is 9.18 Å². The molecule has 0 aliphatic heterocycles. The zero-order valence-corrected chi connectivity index (χ0v) is 8.47. The van der Waals surface area contributed by atoms with Crippen LogP contribution < -0.4 is 4.74 Å². The van der Waals surface area contributed by atoms with Gasteiger partial charge in [-0.15, -0.1) is 0 Å². The summed E-state index contributed by atoms with van der Waals surface area (Å²) in [5.41, 5.74) is -1.45. The molecular formula is C10H6F4O3. The van der Waals surface area contributed by atoms with Crippen LogP contribution in [0.4, 0.5) is 17.6 Å². The number of rotatable bonds is 2. The Morgan fingerprint density at radius 2 is 1.82 bits per heavy atom. The lowest BCUT2D eigenvalue weighted by atomic mass is 10.2. The highest BCUT2D eigenvalue weighted by molar-refractivity contribution is 6.33. The summed E-state index contributed by atoms with van der Waals surface area (Å²) in [7, 11) is 0. The molecular weight excluding hydrogens is 244 g/mol. The zero-order chi connectivity index (χ0) is 13.2. The Morgan fingerprint density at radius 1 is 1.24 bits per heavy atom. The summed E-state index contributed by atoms with van der Waals surface area (Å²) in [5, 5.41) is 0. The number of halogens is 4. The van der Waals surface area contributed by atoms with Crippen molar-refractivity contribution in [2.75, 3.05) is 0 Å². The van der Waals surface area contributed by atoms with E-state index in [1.165, 1.54) is 0 Å². The summed E-state index contributed by atoms with van der Waals surface area (Å²) in [4.78, 5) is 21.4. The Kier molecular flexibility index (Phi) is 3.50. The molecule has 1 aromatic rings. The van der Waals surface area contributed by atoms with E-state index in [-0.39, 0.29) is 6.07 Å². The van der Waals surface area contributed by atoms with Gasteiger partial charge in [-0.05, 0) is 18.2 Å². The summed E-state index contributed by atoms with van der Waals surface area (Å²) in [6.45, 7) is 0.846. The minimum atomic E-state index is -4.88. The largest absolute Gasteiger partial charge is 0.420 e. The lowest BCUT2D eigenvalue weighted by molar-refractivity contribution is -0.148. The van der Waals surface area contributed by atoms with E-state index in [1.54, 1.807) is 0 Å². The molecule has 0 spiro atoms. The van der Waals surface area contributed by atoms with E-state index in [0.29, 0.717) is 12.1 Å². The monoisotopic (exact) mass is 250 g/mol. The molecule has 0 aliphatic carbocycles. The number of ether oxygens (including phenoxy) is 1. The van der Waals surface area contributed by atoms with Gasteiger partial charge in [0.05, 0.1) is 0 Å². The van der Waals surface area contributed by atoms with Crippen LogP contribution >= 0.6 is 0 Å². The molecule has 0 atom stereocenters. The van der Waals surface area contributed by atoms with Crippen molar-refractivity contribution in [3.8, 4) is 5.75 Å². The maximum absolute atomic E-state index is 12.7. The number of ketones is 1. The van der Waals surface area contributed by atoms with Crippen LogP contribution in [0.2, 0.25) is 0 Å². The first-order chi connectivity index (χ1) is 7.71. The molecule has 0 aromatic heterocycles. The van der Waals surface area contributed by atoms with Gasteiger partial charge in [0.1, 0.15) is 17.1 Å². The third kappa shape index (κ3) is 3.27. The van der Waals surface area contributed by atoms with Crippen molar-refractivity contribution in [3.05, 3.63) is 29.6 Å². The molecule has 0 bridgehead atoms. The number of hydrogen-bond acceptors (Lipinski definition) is 3. The maximum Gasteiger partial charge on any atom is 0.420 e. The molecule has 0 saturated heterocycles. The standard InChI is InChI=1S/C10H6F4O3/c1-5(15)9(16)17-8-3-2-6(11)4-7(8)10(12,13)14/h2-4H,1H3. The van der Waals surface area contributed by atoms with Crippen LogP contribution in [0.1, 0.15) is 12.5 Å². The number of esters is 1. The fraction of sp³-hybridized carbons (Fsp3) is 0.200. The van der Waals surface area contributed by atoms with Crippen LogP contribution in [-0.4, -0.2) is 11.8 Å². The topological polar surface area (TPSA) is 43.4 Å². The van der Waals surface area contributed by atoms with Gasteiger partial charge in [-0.3, -0.25) is 4.79 Å². The summed E-state index contributed by atoms with van der Waals surface area (Å²) in [5.74, 6) is -4.52. The van der Waals surface area contributed by atoms with E-state index in [4.69, 9.17) is 0 Å². The Labute approximate surface area is 93.0 Å². The van der Waals surface area contributed by atoms with Crippen LogP contribution in [0.15, 0.2) is 18.2 Å². The molecule has 1 aromatic carbocycles. The lowest BCUT2D eigenvalue weighted by Crippen LogP contribution is -2.19. The Hall–Kier alpha value is -1.92. The Morgan fingerprint density at radius 3 is 2.29 bits per heavy atom. The van der Waals surface area contributed by atoms with Gasteiger partial charge in [0.15, 0.2) is 0 Å². The average molecular weight is 250 g/mol. The van der Waals surface area contributed by atoms with Gasteiger partial charge in [-0.2, -0.15) is 13.2 Å². The third-order valence-corrected chi connectivity index (χ3v) is 1.74. The SMILES string of the molecule is CC(=O)C(=O)Oc1ccc(F)cc1C(F)(F)F. The number of carbonyl (C=O) groups is 2. The number of carbonyl (C=O) groups excluding carboxylic acids is 2. The normalized spacial score (nSPS) is 11.1. The van der Waals surface area contributed by atoms with E-state index in [9.17, 15) is 27.2 Å². The first-order valence-corrected chi connectivity index (χ1v) is 4.31. The Bertz CT molecular complexity index is 465. The average Bonchev–Trinajstić information content (AvgIpc) is 2.18. The van der Waals surface area contributed by atoms with E-state index >= 15 is 0 Å². The second-order valence-electron chi connectivity index (χ2n) is 3.08. The van der Waals surface area contributed by atoms with Crippen molar-refractivity contribution in [1.82, 2.24) is 0 Å². The van der Waals surface area contributed by atoms with Crippen LogP contribution in [0.3, 0.4) is 0 Å². The summed E-state index contributed by atoms with van der Waals surface area (Å²) in [6, 6.07) is 1.51. The molecule has 3 nitrogen and oxygen atoms in total. The van der Waals surface area contributed by atoms with Crippen molar-refractivity contribution in [2.24, 2.45) is 0 Å². The van der Waals surface area contributed by atoms with Crippen molar-refractivity contribution in [2.45, 2.75) is 13.1 Å². The van der Waals surface area contributed by atoms with Crippen LogP contribution in [0, 0.1) is 5.82 Å². The Balaban J connectivity index is 3.16. The second-order valence-corrected chi connectivity index (χ2v) is 3.08. The van der Waals surface area contributed by atoms with Gasteiger partial charge in [0, 0.05) is 6.92 Å². The summed E-state index contributed by atoms with van der Waals surface area (Å²) < 4.78 is 54.2. The lowest BCUT2D eigenvalue weighted by Gasteiger charge is -2.11. The zero-order valence-electron chi connectivity index (χ0n) is 8.47. The fourth-order valence-corrected chi connectivity index (χ4v) is 0.984. The fourth-order valence-electron chi connectivity index (χ4n) is 0.984. The predicted molar refractivity (Wildman–Crippen MR) is 47.7 cm³/mol. The van der Waals surface area contributed by atoms with Crippen molar-refractivity contribution in [1.29, 1.82) is 0 Å². The summed E-state index contributed by atoms with van der Waals surface area (Å²) >= 11 is 0. The maximum atomic E-state index is 12.7. The number of benzene rings is 1. The number of Topliss-reactive ketones (excluding diaryl/α,β-unsaturated/α-hetero) is 1. The van der Waals surface area contributed by atoms with Crippen LogP contribution in [0.5, 0.6) is 5.75 Å². The quantitative estimate of drug-likeness (QED) is 0.350. The first-order valence-electron chi connectivity index (χ1n) is 4.31. The molecule has 0 N–H and O–H groups in total. The molecule has 17 heavy (non-hydrogen) atoms. The van der Waals surface area contributed by atoms with Gasteiger partial charge in [0.2, 0.25) is 5.78 Å². The molecule has 1 rings (SSSR count). The molecule has 0 saturated carbocycles. The van der Waals surface area contributed by atoms with E-state index < -0.39 is 35.1 Å². The van der Waals surface area contributed by atoms with Crippen molar-refractivity contribution >= 4 is 11.8 Å². The number of alkyl halides is 3. The molecule has 0 fully saturated rings. The van der Waals surface area contributed by atoms with Crippen molar-refractivity contribution < 1.29 is 31.9 Å². The third-order valence-electron chi connectivity index (χ3n) is 1.74. The van der Waals surface area contributed by atoms with Gasteiger partial charge >= 0.3 is 12.1 Å². The second kappa shape index (κ2) is 4.52. The van der Waals surface area contributed by atoms with Gasteiger partial charge in [-0.1, -0.05) is 0 Å². The first kappa shape index (κ1) is 13.1. The highest BCUT2D eigenvalue weighted by Crippen LogP contribution is 2.36. The van der Waals surface area contributed by atoms with E-state index in [1.807, 2.05) is 0 Å². The molecule has 92 valence electrons. The molecule has 0 radical (unpaired) electrons. The van der Waals surface area contributed by atoms with Gasteiger partial charge in [0.25, 0.3) is 0 Å². The molecule has 0 heterocycles. The van der Waals surface area contributed by atoms with E-state index in [2.05, 4.69) is 4.74 Å². The van der Waals surface area contributed by atoms with Crippen LogP contribution in [-0.2, 0) is 15.8 Å². The predicted octanol–water partition coefficient (Wildman–Crippen LogP) is 2.34. The van der Waals surface area contributed by atoms with Crippen molar-refractivity contribution in [3.63, 3.8) is 0 Å².